The Balaban J connectivity index is 2.49. The zero-order chi connectivity index (χ0) is 5.33. The summed E-state index contributed by atoms with van der Waals surface area (Å²) in [4.78, 5) is 0. The van der Waals surface area contributed by atoms with E-state index in [1.54, 1.807) is 0 Å². The van der Waals surface area contributed by atoms with Crippen molar-refractivity contribution in [2.24, 2.45) is 0 Å². The molecule has 1 aliphatic carbocycles. The molecule has 0 radical (unpaired) electrons. The summed E-state index contributed by atoms with van der Waals surface area (Å²) in [6.45, 7) is 0. The Morgan fingerprint density at radius 2 is 1.86 bits per heavy atom. The van der Waals surface area contributed by atoms with Crippen LogP contribution in [0.3, 0.4) is 0 Å². The third kappa shape index (κ3) is 1.18. The van der Waals surface area contributed by atoms with Gasteiger partial charge in [-0.2, -0.15) is 0 Å². The molecule has 0 heterocycles. The Morgan fingerprint density at radius 3 is 2.00 bits per heavy atom. The molecule has 40 valence electrons. The van der Waals surface area contributed by atoms with Crippen LogP contribution in [0.1, 0.15) is 12.8 Å². The van der Waals surface area contributed by atoms with Crippen molar-refractivity contribution in [1.82, 2.24) is 0 Å². The molecule has 1 N–H and O–H groups in total. The summed E-state index contributed by atoms with van der Waals surface area (Å²) < 4.78 is 0. The minimum Gasteiger partial charge on any atom is -0.374 e. The zero-order valence-electron chi connectivity index (χ0n) is 3.89. The van der Waals surface area contributed by atoms with Crippen molar-refractivity contribution < 1.29 is 5.11 Å². The molecule has 0 saturated carbocycles. The fraction of sp³-hybridized carbons (Fsp3) is 0.600. The van der Waals surface area contributed by atoms with Gasteiger partial charge in [0, 0.05) is 12.8 Å². The van der Waals surface area contributed by atoms with Crippen LogP contribution in [0.5, 0.6) is 0 Å². The van der Waals surface area contributed by atoms with Crippen molar-refractivity contribution in [2.45, 2.75) is 17.9 Å². The van der Waals surface area contributed by atoms with Crippen LogP contribution in [0.4, 0.5) is 0 Å². The molecule has 1 nitrogen and oxygen atoms in total. The van der Waals surface area contributed by atoms with Gasteiger partial charge in [-0.25, -0.2) is 0 Å². The summed E-state index contributed by atoms with van der Waals surface area (Å²) in [6.07, 6.45) is 4.95. The van der Waals surface area contributed by atoms with Gasteiger partial charge in [-0.15, -0.1) is 0 Å². The fourth-order valence-electron chi connectivity index (χ4n) is 0.611. The first-order valence-corrected chi connectivity index (χ1v) is 2.65. The Hall–Kier alpha value is -0.0100. The lowest BCUT2D eigenvalue weighted by atomic mass is 10.3. The van der Waals surface area contributed by atoms with Crippen molar-refractivity contribution >= 4 is 11.6 Å². The maximum Gasteiger partial charge on any atom is 0.145 e. The summed E-state index contributed by atoms with van der Waals surface area (Å²) in [5.74, 6) is 0. The van der Waals surface area contributed by atoms with Crippen LogP contribution in [-0.2, 0) is 0 Å². The summed E-state index contributed by atoms with van der Waals surface area (Å²) >= 11 is 5.46. The molecule has 0 fully saturated rings. The maximum atomic E-state index is 8.90. The predicted octanol–water partition coefficient (Wildman–Crippen LogP) is 1.26. The van der Waals surface area contributed by atoms with Gasteiger partial charge in [0.15, 0.2) is 0 Å². The van der Waals surface area contributed by atoms with Gasteiger partial charge in [0.1, 0.15) is 5.06 Å². The van der Waals surface area contributed by atoms with E-state index in [0.29, 0.717) is 12.8 Å². The van der Waals surface area contributed by atoms with Crippen molar-refractivity contribution in [2.75, 3.05) is 0 Å². The lowest BCUT2D eigenvalue weighted by molar-refractivity contribution is 0.143. The van der Waals surface area contributed by atoms with Gasteiger partial charge in [0.05, 0.1) is 0 Å². The Labute approximate surface area is 47.6 Å². The highest BCUT2D eigenvalue weighted by molar-refractivity contribution is 6.23. The zero-order valence-corrected chi connectivity index (χ0v) is 4.65. The number of alkyl halides is 1. The lowest BCUT2D eigenvalue weighted by Crippen LogP contribution is -2.13. The largest absolute Gasteiger partial charge is 0.374 e. The smallest absolute Gasteiger partial charge is 0.145 e. The molecule has 0 aliphatic heterocycles. The highest BCUT2D eigenvalue weighted by Gasteiger charge is 2.23. The van der Waals surface area contributed by atoms with E-state index in [4.69, 9.17) is 16.7 Å². The van der Waals surface area contributed by atoms with Gasteiger partial charge in [-0.3, -0.25) is 0 Å². The Kier molecular flexibility index (Phi) is 1.10. The number of aliphatic hydroxyl groups is 1. The van der Waals surface area contributed by atoms with E-state index in [0.717, 1.165) is 0 Å². The van der Waals surface area contributed by atoms with E-state index in [2.05, 4.69) is 0 Å². The minimum absolute atomic E-state index is 0.592. The molecule has 0 atom stereocenters. The summed E-state index contributed by atoms with van der Waals surface area (Å²) in [5, 5.41) is 7.95. The van der Waals surface area contributed by atoms with E-state index in [9.17, 15) is 0 Å². The molecule has 0 aromatic heterocycles. The molecule has 0 unspecified atom stereocenters. The highest BCUT2D eigenvalue weighted by Crippen LogP contribution is 2.26. The minimum atomic E-state index is -0.944. The molecule has 1 rings (SSSR count). The molecular formula is C5H7ClO. The van der Waals surface area contributed by atoms with Crippen LogP contribution in [-0.4, -0.2) is 10.2 Å². The van der Waals surface area contributed by atoms with Crippen molar-refractivity contribution in [3.8, 4) is 0 Å². The van der Waals surface area contributed by atoms with E-state index in [1.807, 2.05) is 12.2 Å². The second-order valence-electron chi connectivity index (χ2n) is 1.80. The standard InChI is InChI=1S/C5H7ClO/c6-5(7)3-1-2-4-5/h1-2,7H,3-4H2. The molecule has 0 aromatic rings. The molecule has 7 heavy (non-hydrogen) atoms. The quantitative estimate of drug-likeness (QED) is 0.375. The van der Waals surface area contributed by atoms with Crippen LogP contribution in [0, 0.1) is 0 Å². The van der Waals surface area contributed by atoms with E-state index in [-0.39, 0.29) is 0 Å². The predicted molar refractivity (Wildman–Crippen MR) is 29.2 cm³/mol. The van der Waals surface area contributed by atoms with Crippen LogP contribution < -0.4 is 0 Å². The number of hydrogen-bond acceptors (Lipinski definition) is 1. The molecule has 1 aliphatic rings. The average molecular weight is 119 g/mol. The second-order valence-corrected chi connectivity index (χ2v) is 2.50. The van der Waals surface area contributed by atoms with Crippen LogP contribution in [0.2, 0.25) is 0 Å². The average Bonchev–Trinajstić information content (AvgIpc) is 1.84. The first-order chi connectivity index (χ1) is 3.21. The normalized spacial score (nSPS) is 26.0. The molecule has 0 bridgehead atoms. The first-order valence-electron chi connectivity index (χ1n) is 2.27. The summed E-state index contributed by atoms with van der Waals surface area (Å²) in [5.41, 5.74) is 0. The topological polar surface area (TPSA) is 20.2 Å². The van der Waals surface area contributed by atoms with E-state index in [1.165, 1.54) is 0 Å². The summed E-state index contributed by atoms with van der Waals surface area (Å²) in [6, 6.07) is 0. The lowest BCUT2D eigenvalue weighted by Gasteiger charge is -2.09. The highest BCUT2D eigenvalue weighted by atomic mass is 35.5. The van der Waals surface area contributed by atoms with E-state index < -0.39 is 5.06 Å². The molecule has 0 amide bonds. The van der Waals surface area contributed by atoms with Crippen LogP contribution in [0.25, 0.3) is 0 Å². The molecule has 0 aromatic carbocycles. The van der Waals surface area contributed by atoms with Gasteiger partial charge in [-0.1, -0.05) is 23.8 Å². The molecule has 0 spiro atoms. The monoisotopic (exact) mass is 118 g/mol. The molecule has 2 heteroatoms. The SMILES string of the molecule is OC1(Cl)CC=CC1. The third-order valence-corrected chi connectivity index (χ3v) is 1.34. The van der Waals surface area contributed by atoms with Gasteiger partial charge in [0.25, 0.3) is 0 Å². The third-order valence-electron chi connectivity index (χ3n) is 1.03. The summed E-state index contributed by atoms with van der Waals surface area (Å²) in [7, 11) is 0. The second kappa shape index (κ2) is 1.49. The van der Waals surface area contributed by atoms with Crippen LogP contribution in [0.15, 0.2) is 12.2 Å². The maximum absolute atomic E-state index is 8.90. The van der Waals surface area contributed by atoms with Gasteiger partial charge in [-0.05, 0) is 0 Å². The van der Waals surface area contributed by atoms with Crippen molar-refractivity contribution in [3.63, 3.8) is 0 Å². The number of halogens is 1. The van der Waals surface area contributed by atoms with Gasteiger partial charge in [0.2, 0.25) is 0 Å². The Morgan fingerprint density at radius 1 is 1.43 bits per heavy atom. The van der Waals surface area contributed by atoms with Crippen molar-refractivity contribution in [3.05, 3.63) is 12.2 Å². The first kappa shape index (κ1) is 5.13. The number of rotatable bonds is 0. The van der Waals surface area contributed by atoms with Gasteiger partial charge >= 0.3 is 0 Å². The Bertz CT molecular complexity index is 86.3. The van der Waals surface area contributed by atoms with E-state index >= 15 is 0 Å². The van der Waals surface area contributed by atoms with Gasteiger partial charge < -0.3 is 5.11 Å². The number of hydrogen-bond donors (Lipinski definition) is 1. The van der Waals surface area contributed by atoms with Crippen molar-refractivity contribution in [1.29, 1.82) is 0 Å². The van der Waals surface area contributed by atoms with Crippen LogP contribution >= 0.6 is 11.6 Å². The fourth-order valence-corrected chi connectivity index (χ4v) is 0.789. The molecule has 0 saturated heterocycles. The molecular weight excluding hydrogens is 112 g/mol.